The van der Waals surface area contributed by atoms with E-state index in [-0.39, 0.29) is 5.82 Å². The van der Waals surface area contributed by atoms with Gasteiger partial charge < -0.3 is 5.32 Å². The average Bonchev–Trinajstić information content (AvgIpc) is 2.79. The first-order chi connectivity index (χ1) is 7.31. The minimum Gasteiger partial charge on any atom is -0.382 e. The van der Waals surface area contributed by atoms with E-state index in [1.807, 2.05) is 6.07 Å². The maximum absolute atomic E-state index is 13.0. The molecule has 1 aromatic rings. The van der Waals surface area contributed by atoms with E-state index in [9.17, 15) is 4.39 Å². The highest BCUT2D eigenvalue weighted by Gasteiger charge is 2.39. The second-order valence-electron chi connectivity index (χ2n) is 4.94. The molecule has 0 spiro atoms. The quantitative estimate of drug-likeness (QED) is 0.780. The van der Waals surface area contributed by atoms with Gasteiger partial charge in [-0.1, -0.05) is 12.5 Å². The van der Waals surface area contributed by atoms with E-state index in [1.54, 1.807) is 12.1 Å². The van der Waals surface area contributed by atoms with Gasteiger partial charge in [0.25, 0.3) is 0 Å². The average molecular weight is 205 g/mol. The first-order valence-corrected chi connectivity index (χ1v) is 5.83. The van der Waals surface area contributed by atoms with Crippen molar-refractivity contribution < 1.29 is 4.39 Å². The molecule has 2 aliphatic carbocycles. The number of rotatable bonds is 2. The monoisotopic (exact) mass is 205 g/mol. The van der Waals surface area contributed by atoms with Gasteiger partial charge in [0.15, 0.2) is 0 Å². The molecule has 1 N–H and O–H groups in total. The molecular weight excluding hydrogens is 189 g/mol. The fourth-order valence-corrected chi connectivity index (χ4v) is 3.21. The molecule has 1 nitrogen and oxygen atoms in total. The topological polar surface area (TPSA) is 12.0 Å². The van der Waals surface area contributed by atoms with Crippen molar-refractivity contribution in [3.8, 4) is 0 Å². The number of nitrogens with one attached hydrogen (secondary N) is 1. The lowest BCUT2D eigenvalue weighted by Gasteiger charge is -2.23. The van der Waals surface area contributed by atoms with Crippen LogP contribution in [-0.4, -0.2) is 6.04 Å². The normalized spacial score (nSPS) is 33.3. The molecule has 0 aromatic heterocycles. The van der Waals surface area contributed by atoms with Crippen molar-refractivity contribution in [3.05, 3.63) is 30.1 Å². The number of halogens is 1. The van der Waals surface area contributed by atoms with E-state index in [2.05, 4.69) is 5.32 Å². The van der Waals surface area contributed by atoms with Gasteiger partial charge in [-0.05, 0) is 49.3 Å². The third-order valence-electron chi connectivity index (χ3n) is 3.91. The van der Waals surface area contributed by atoms with E-state index >= 15 is 0 Å². The van der Waals surface area contributed by atoms with E-state index < -0.39 is 0 Å². The molecule has 3 rings (SSSR count). The third kappa shape index (κ3) is 1.73. The Balaban J connectivity index is 1.71. The van der Waals surface area contributed by atoms with Crippen molar-refractivity contribution in [3.63, 3.8) is 0 Å². The van der Waals surface area contributed by atoms with Crippen LogP contribution in [0.25, 0.3) is 0 Å². The van der Waals surface area contributed by atoms with Crippen LogP contribution >= 0.6 is 0 Å². The molecule has 1 aromatic carbocycles. The zero-order valence-electron chi connectivity index (χ0n) is 8.75. The second-order valence-corrected chi connectivity index (χ2v) is 4.94. The lowest BCUT2D eigenvalue weighted by atomic mass is 9.95. The fourth-order valence-electron chi connectivity index (χ4n) is 3.21. The Bertz CT molecular complexity index is 363. The van der Waals surface area contributed by atoms with Crippen molar-refractivity contribution >= 4 is 5.69 Å². The van der Waals surface area contributed by atoms with E-state index in [0.717, 1.165) is 17.5 Å². The first kappa shape index (κ1) is 9.20. The summed E-state index contributed by atoms with van der Waals surface area (Å²) in [6.07, 6.45) is 5.43. The van der Waals surface area contributed by atoms with Gasteiger partial charge in [0.1, 0.15) is 5.82 Å². The lowest BCUT2D eigenvalue weighted by Crippen LogP contribution is -2.25. The predicted molar refractivity (Wildman–Crippen MR) is 59.3 cm³/mol. The summed E-state index contributed by atoms with van der Waals surface area (Å²) < 4.78 is 13.0. The molecule has 0 aliphatic heterocycles. The van der Waals surface area contributed by atoms with Gasteiger partial charge in [0.05, 0.1) is 0 Å². The van der Waals surface area contributed by atoms with Crippen molar-refractivity contribution in [1.82, 2.24) is 0 Å². The van der Waals surface area contributed by atoms with Gasteiger partial charge in [0.2, 0.25) is 0 Å². The van der Waals surface area contributed by atoms with Gasteiger partial charge in [0, 0.05) is 11.7 Å². The molecular formula is C13H16FN. The van der Waals surface area contributed by atoms with Crippen LogP contribution in [0.2, 0.25) is 0 Å². The lowest BCUT2D eigenvalue weighted by molar-refractivity contribution is 0.439. The Morgan fingerprint density at radius 2 is 2.13 bits per heavy atom. The molecule has 0 heterocycles. The molecule has 2 saturated carbocycles. The number of fused-ring (bicyclic) bond motifs is 2. The summed E-state index contributed by atoms with van der Waals surface area (Å²) in [5.74, 6) is 1.61. The van der Waals surface area contributed by atoms with E-state index in [1.165, 1.54) is 31.7 Å². The van der Waals surface area contributed by atoms with Crippen LogP contribution in [0.4, 0.5) is 10.1 Å². The minimum atomic E-state index is -0.150. The smallest absolute Gasteiger partial charge is 0.125 e. The Morgan fingerprint density at radius 3 is 2.80 bits per heavy atom. The molecule has 0 radical (unpaired) electrons. The fraction of sp³-hybridized carbons (Fsp3) is 0.538. The van der Waals surface area contributed by atoms with E-state index in [4.69, 9.17) is 0 Å². The molecule has 80 valence electrons. The number of benzene rings is 1. The van der Waals surface area contributed by atoms with Crippen LogP contribution < -0.4 is 5.32 Å². The summed E-state index contributed by atoms with van der Waals surface area (Å²) in [5.41, 5.74) is 0.938. The standard InChI is InChI=1S/C13H16FN/c14-11-2-1-3-12(8-11)15-13-7-9-4-5-10(13)6-9/h1-3,8-10,13,15H,4-7H2/t9-,10-,13-/m1/s1. The van der Waals surface area contributed by atoms with Crippen LogP contribution in [-0.2, 0) is 0 Å². The minimum absolute atomic E-state index is 0.150. The van der Waals surface area contributed by atoms with Crippen molar-refractivity contribution in [2.24, 2.45) is 11.8 Å². The van der Waals surface area contributed by atoms with Crippen molar-refractivity contribution in [2.75, 3.05) is 5.32 Å². The Kier molecular flexibility index (Phi) is 2.15. The van der Waals surface area contributed by atoms with Gasteiger partial charge in [-0.2, -0.15) is 0 Å². The highest BCUT2D eigenvalue weighted by molar-refractivity contribution is 5.44. The maximum atomic E-state index is 13.0. The summed E-state index contributed by atoms with van der Waals surface area (Å²) in [5, 5.41) is 3.47. The number of hydrogen-bond donors (Lipinski definition) is 1. The molecule has 0 unspecified atom stereocenters. The van der Waals surface area contributed by atoms with E-state index in [0.29, 0.717) is 6.04 Å². The Morgan fingerprint density at radius 1 is 1.20 bits per heavy atom. The molecule has 2 fully saturated rings. The Labute approximate surface area is 89.7 Å². The van der Waals surface area contributed by atoms with Crippen molar-refractivity contribution in [1.29, 1.82) is 0 Å². The van der Waals surface area contributed by atoms with Crippen LogP contribution in [0, 0.1) is 17.7 Å². The molecule has 2 heteroatoms. The first-order valence-electron chi connectivity index (χ1n) is 5.83. The van der Waals surface area contributed by atoms with Gasteiger partial charge in [-0.25, -0.2) is 4.39 Å². The summed E-state index contributed by atoms with van der Waals surface area (Å²) in [6, 6.07) is 7.39. The van der Waals surface area contributed by atoms with Crippen LogP contribution in [0.5, 0.6) is 0 Å². The largest absolute Gasteiger partial charge is 0.382 e. The van der Waals surface area contributed by atoms with Crippen molar-refractivity contribution in [2.45, 2.75) is 31.7 Å². The summed E-state index contributed by atoms with van der Waals surface area (Å²) >= 11 is 0. The van der Waals surface area contributed by atoms with Crippen LogP contribution in [0.1, 0.15) is 25.7 Å². The second kappa shape index (κ2) is 3.51. The molecule has 2 bridgehead atoms. The molecule has 3 atom stereocenters. The highest BCUT2D eigenvalue weighted by atomic mass is 19.1. The van der Waals surface area contributed by atoms with Crippen LogP contribution in [0.15, 0.2) is 24.3 Å². The number of hydrogen-bond acceptors (Lipinski definition) is 1. The SMILES string of the molecule is Fc1cccc(N[C@@H]2C[C@@H]3CC[C@@H]2C3)c1. The summed E-state index contributed by atoms with van der Waals surface area (Å²) in [6.45, 7) is 0. The molecule has 2 aliphatic rings. The van der Waals surface area contributed by atoms with Gasteiger partial charge in [-0.15, -0.1) is 0 Å². The molecule has 0 amide bonds. The Hall–Kier alpha value is -1.05. The summed E-state index contributed by atoms with van der Waals surface area (Å²) in [7, 11) is 0. The molecule has 0 saturated heterocycles. The molecule has 15 heavy (non-hydrogen) atoms. The van der Waals surface area contributed by atoms with Gasteiger partial charge in [-0.3, -0.25) is 0 Å². The maximum Gasteiger partial charge on any atom is 0.125 e. The third-order valence-corrected chi connectivity index (χ3v) is 3.91. The highest BCUT2D eigenvalue weighted by Crippen LogP contribution is 2.45. The van der Waals surface area contributed by atoms with Crippen LogP contribution in [0.3, 0.4) is 0 Å². The zero-order chi connectivity index (χ0) is 10.3. The zero-order valence-corrected chi connectivity index (χ0v) is 8.75. The number of anilines is 1. The summed E-state index contributed by atoms with van der Waals surface area (Å²) in [4.78, 5) is 0. The van der Waals surface area contributed by atoms with Gasteiger partial charge >= 0.3 is 0 Å². The predicted octanol–water partition coefficient (Wildman–Crippen LogP) is 3.43.